The molecule has 19 heavy (non-hydrogen) atoms. The van der Waals surface area contributed by atoms with Gasteiger partial charge in [-0.25, -0.2) is 4.39 Å². The van der Waals surface area contributed by atoms with Crippen LogP contribution in [0.2, 0.25) is 0 Å². The molecule has 1 saturated carbocycles. The van der Waals surface area contributed by atoms with E-state index in [0.717, 1.165) is 24.4 Å². The minimum atomic E-state index is -0.344. The second-order valence-corrected chi connectivity index (χ2v) is 5.47. The van der Waals surface area contributed by atoms with E-state index in [1.165, 1.54) is 31.4 Å². The van der Waals surface area contributed by atoms with Gasteiger partial charge in [-0.2, -0.15) is 5.26 Å². The number of anilines is 1. The Kier molecular flexibility index (Phi) is 4.42. The fourth-order valence-corrected chi connectivity index (χ4v) is 3.04. The van der Waals surface area contributed by atoms with Gasteiger partial charge in [-0.05, 0) is 49.8 Å². The number of hydrogen-bond donors (Lipinski definition) is 0. The average molecular weight is 260 g/mol. The smallest absolute Gasteiger partial charge is 0.124 e. The normalized spacial score (nSPS) is 22.8. The third-order valence-corrected chi connectivity index (χ3v) is 4.40. The summed E-state index contributed by atoms with van der Waals surface area (Å²) in [5, 5.41) is 9.13. The summed E-state index contributed by atoms with van der Waals surface area (Å²) in [6.07, 6.45) is 6.11. The van der Waals surface area contributed by atoms with E-state index in [2.05, 4.69) is 17.9 Å². The molecule has 2 nitrogen and oxygen atoms in total. The highest BCUT2D eigenvalue weighted by Gasteiger charge is 2.24. The quantitative estimate of drug-likeness (QED) is 0.818. The van der Waals surface area contributed by atoms with Crippen LogP contribution in [0.4, 0.5) is 10.1 Å². The molecule has 1 aromatic carbocycles. The highest BCUT2D eigenvalue weighted by Crippen LogP contribution is 2.32. The van der Waals surface area contributed by atoms with E-state index in [-0.39, 0.29) is 5.82 Å². The summed E-state index contributed by atoms with van der Waals surface area (Å²) >= 11 is 0. The summed E-state index contributed by atoms with van der Waals surface area (Å²) < 4.78 is 13.2. The van der Waals surface area contributed by atoms with Crippen LogP contribution in [0.15, 0.2) is 18.2 Å². The lowest BCUT2D eigenvalue weighted by Gasteiger charge is -2.36. The van der Waals surface area contributed by atoms with E-state index >= 15 is 0 Å². The largest absolute Gasteiger partial charge is 0.371 e. The van der Waals surface area contributed by atoms with Crippen molar-refractivity contribution < 1.29 is 4.39 Å². The Hall–Kier alpha value is -1.56. The fourth-order valence-electron chi connectivity index (χ4n) is 3.04. The molecular weight excluding hydrogens is 239 g/mol. The van der Waals surface area contributed by atoms with Gasteiger partial charge in [-0.3, -0.25) is 0 Å². The first kappa shape index (κ1) is 13.9. The van der Waals surface area contributed by atoms with Crippen molar-refractivity contribution in [3.05, 3.63) is 29.6 Å². The zero-order valence-corrected chi connectivity index (χ0v) is 11.7. The molecule has 0 aliphatic heterocycles. The molecule has 0 heterocycles. The maximum atomic E-state index is 13.2. The Morgan fingerprint density at radius 1 is 1.32 bits per heavy atom. The van der Waals surface area contributed by atoms with E-state index in [1.807, 2.05) is 7.05 Å². The van der Waals surface area contributed by atoms with E-state index < -0.39 is 0 Å². The highest BCUT2D eigenvalue weighted by atomic mass is 19.1. The van der Waals surface area contributed by atoms with Crippen LogP contribution in [0, 0.1) is 23.1 Å². The molecule has 0 saturated heterocycles. The predicted octanol–water partition coefficient (Wildman–Crippen LogP) is 4.10. The minimum Gasteiger partial charge on any atom is -0.371 e. The maximum Gasteiger partial charge on any atom is 0.124 e. The van der Waals surface area contributed by atoms with E-state index in [1.54, 1.807) is 6.07 Å². The van der Waals surface area contributed by atoms with Gasteiger partial charge in [-0.1, -0.05) is 13.3 Å². The molecule has 0 N–H and O–H groups in total. The van der Waals surface area contributed by atoms with Crippen LogP contribution in [-0.2, 0) is 0 Å². The first-order valence-corrected chi connectivity index (χ1v) is 7.08. The Morgan fingerprint density at radius 2 is 2.00 bits per heavy atom. The lowest BCUT2D eigenvalue weighted by molar-refractivity contribution is 0.313. The van der Waals surface area contributed by atoms with Crippen LogP contribution in [0.3, 0.4) is 0 Å². The van der Waals surface area contributed by atoms with Crippen LogP contribution in [0.5, 0.6) is 0 Å². The Balaban J connectivity index is 2.12. The van der Waals surface area contributed by atoms with Gasteiger partial charge in [0.25, 0.3) is 0 Å². The van der Waals surface area contributed by atoms with E-state index in [0.29, 0.717) is 11.6 Å². The summed E-state index contributed by atoms with van der Waals surface area (Å²) in [4.78, 5) is 2.16. The SMILES string of the molecule is CCC1CCC(N(C)c2ccc(F)cc2C#N)CC1. The van der Waals surface area contributed by atoms with Crippen LogP contribution >= 0.6 is 0 Å². The zero-order valence-electron chi connectivity index (χ0n) is 11.7. The standard InChI is InChI=1S/C16H21FN2/c1-3-12-4-7-15(8-5-12)19(2)16-9-6-14(17)10-13(16)11-18/h6,9-10,12,15H,3-5,7-8H2,1-2H3. The number of hydrogen-bond acceptors (Lipinski definition) is 2. The van der Waals surface area contributed by atoms with Crippen LogP contribution in [-0.4, -0.2) is 13.1 Å². The van der Waals surface area contributed by atoms with Gasteiger partial charge in [0.15, 0.2) is 0 Å². The Bertz CT molecular complexity index is 470. The minimum absolute atomic E-state index is 0.344. The maximum absolute atomic E-state index is 13.2. The van der Waals surface area contributed by atoms with E-state index in [4.69, 9.17) is 5.26 Å². The Morgan fingerprint density at radius 3 is 2.58 bits per heavy atom. The predicted molar refractivity (Wildman–Crippen MR) is 75.6 cm³/mol. The molecule has 0 amide bonds. The van der Waals surface area contributed by atoms with Gasteiger partial charge in [-0.15, -0.1) is 0 Å². The molecule has 0 atom stereocenters. The molecule has 1 fully saturated rings. The highest BCUT2D eigenvalue weighted by molar-refractivity contribution is 5.59. The molecule has 102 valence electrons. The summed E-state index contributed by atoms with van der Waals surface area (Å²) in [6.45, 7) is 2.25. The number of halogens is 1. The van der Waals surface area contributed by atoms with Crippen molar-refractivity contribution in [2.24, 2.45) is 5.92 Å². The van der Waals surface area contributed by atoms with Gasteiger partial charge in [0, 0.05) is 13.1 Å². The number of rotatable bonds is 3. The topological polar surface area (TPSA) is 27.0 Å². The molecule has 1 aromatic rings. The van der Waals surface area contributed by atoms with Crippen molar-refractivity contribution in [1.82, 2.24) is 0 Å². The number of benzene rings is 1. The van der Waals surface area contributed by atoms with Crippen LogP contribution in [0.1, 0.15) is 44.6 Å². The van der Waals surface area contributed by atoms with Gasteiger partial charge < -0.3 is 4.90 Å². The first-order valence-electron chi connectivity index (χ1n) is 7.08. The summed E-state index contributed by atoms with van der Waals surface area (Å²) in [6, 6.07) is 7.05. The summed E-state index contributed by atoms with van der Waals surface area (Å²) in [7, 11) is 2.02. The second kappa shape index (κ2) is 6.06. The van der Waals surface area contributed by atoms with Crippen molar-refractivity contribution in [2.75, 3.05) is 11.9 Å². The molecular formula is C16H21FN2. The van der Waals surface area contributed by atoms with Gasteiger partial charge >= 0.3 is 0 Å². The summed E-state index contributed by atoms with van der Waals surface area (Å²) in [5.41, 5.74) is 1.28. The number of nitrogens with zero attached hydrogens (tertiary/aromatic N) is 2. The molecule has 0 unspecified atom stereocenters. The van der Waals surface area contributed by atoms with Crippen LogP contribution < -0.4 is 4.90 Å². The van der Waals surface area contributed by atoms with Crippen LogP contribution in [0.25, 0.3) is 0 Å². The molecule has 1 aliphatic carbocycles. The summed E-state index contributed by atoms with van der Waals surface area (Å²) in [5.74, 6) is 0.511. The van der Waals surface area contributed by atoms with Crippen molar-refractivity contribution in [1.29, 1.82) is 5.26 Å². The molecule has 0 radical (unpaired) electrons. The van der Waals surface area contributed by atoms with Gasteiger partial charge in [0.1, 0.15) is 11.9 Å². The number of nitriles is 1. The first-order chi connectivity index (χ1) is 9.15. The van der Waals surface area contributed by atoms with Crippen molar-refractivity contribution >= 4 is 5.69 Å². The molecule has 0 aromatic heterocycles. The third-order valence-electron chi connectivity index (χ3n) is 4.40. The molecule has 2 rings (SSSR count). The fraction of sp³-hybridized carbons (Fsp3) is 0.562. The Labute approximate surface area is 114 Å². The van der Waals surface area contributed by atoms with Gasteiger partial charge in [0.05, 0.1) is 11.3 Å². The molecule has 0 bridgehead atoms. The third kappa shape index (κ3) is 3.07. The monoisotopic (exact) mass is 260 g/mol. The molecule has 0 spiro atoms. The lowest BCUT2D eigenvalue weighted by Crippen LogP contribution is -2.35. The second-order valence-electron chi connectivity index (χ2n) is 5.47. The van der Waals surface area contributed by atoms with Crippen molar-refractivity contribution in [3.8, 4) is 6.07 Å². The van der Waals surface area contributed by atoms with Crippen molar-refractivity contribution in [3.63, 3.8) is 0 Å². The molecule has 1 aliphatic rings. The zero-order chi connectivity index (χ0) is 13.8. The lowest BCUT2D eigenvalue weighted by atomic mass is 9.84. The van der Waals surface area contributed by atoms with Crippen molar-refractivity contribution in [2.45, 2.75) is 45.1 Å². The van der Waals surface area contributed by atoms with Gasteiger partial charge in [0.2, 0.25) is 0 Å². The van der Waals surface area contributed by atoms with E-state index in [9.17, 15) is 4.39 Å². The average Bonchev–Trinajstić information content (AvgIpc) is 2.46. The molecule has 3 heteroatoms.